The van der Waals surface area contributed by atoms with Crippen LogP contribution in [0.3, 0.4) is 0 Å². The van der Waals surface area contributed by atoms with Gasteiger partial charge in [-0.2, -0.15) is 13.5 Å². The Balaban J connectivity index is 1.38. The zero-order valence-electron chi connectivity index (χ0n) is 24.2. The van der Waals surface area contributed by atoms with E-state index in [1.54, 1.807) is 14.2 Å². The van der Waals surface area contributed by atoms with Gasteiger partial charge >= 0.3 is 12.6 Å². The van der Waals surface area contributed by atoms with Crippen molar-refractivity contribution in [1.29, 1.82) is 0 Å². The standard InChI is InChI=1S/C31H32Cl2F2N2O7/c1-40-27-9-19-7-8-36(13-21(19)11-28(27)41-2)16-30(38)43-26(12-22-23(32)14-37(39)15-24(22)33)20-5-6-25(44-31(34)35)29(10-20)42-17-18-3-4-18/h5-6,9-11,14-15,18,26,31H,3-4,7-8,12-13,16-17H2,1-2H3. The highest BCUT2D eigenvalue weighted by Gasteiger charge is 2.28. The van der Waals surface area contributed by atoms with E-state index >= 15 is 0 Å². The van der Waals surface area contributed by atoms with E-state index in [-0.39, 0.29) is 34.5 Å². The summed E-state index contributed by atoms with van der Waals surface area (Å²) >= 11 is 12.7. The first kappa shape index (κ1) is 31.9. The molecular weight excluding hydrogens is 621 g/mol. The van der Waals surface area contributed by atoms with E-state index in [2.05, 4.69) is 4.74 Å². The molecule has 13 heteroatoms. The van der Waals surface area contributed by atoms with Crippen LogP contribution in [0, 0.1) is 11.1 Å². The minimum absolute atomic E-state index is 0.0151. The molecule has 0 saturated heterocycles. The summed E-state index contributed by atoms with van der Waals surface area (Å²) in [7, 11) is 3.15. The van der Waals surface area contributed by atoms with E-state index in [0.29, 0.717) is 59.4 Å². The Morgan fingerprint density at radius 2 is 1.70 bits per heavy atom. The molecule has 0 spiro atoms. The summed E-state index contributed by atoms with van der Waals surface area (Å²) in [5.74, 6) is 1.06. The number of hydrogen-bond donors (Lipinski definition) is 0. The lowest BCUT2D eigenvalue weighted by Crippen LogP contribution is -2.36. The fourth-order valence-electron chi connectivity index (χ4n) is 5.12. The number of aromatic nitrogens is 1. The van der Waals surface area contributed by atoms with Gasteiger partial charge in [-0.15, -0.1) is 0 Å². The van der Waals surface area contributed by atoms with Crippen LogP contribution in [-0.2, 0) is 28.9 Å². The third-order valence-corrected chi connectivity index (χ3v) is 8.25. The molecule has 2 aromatic carbocycles. The summed E-state index contributed by atoms with van der Waals surface area (Å²) in [5, 5.41) is 12.0. The van der Waals surface area contributed by atoms with Gasteiger partial charge in [0.1, 0.15) is 16.1 Å². The van der Waals surface area contributed by atoms with Crippen LogP contribution in [0.1, 0.15) is 41.2 Å². The largest absolute Gasteiger partial charge is 0.619 e. The first-order valence-corrected chi connectivity index (χ1v) is 14.8. The van der Waals surface area contributed by atoms with Crippen molar-refractivity contribution < 1.29 is 42.0 Å². The van der Waals surface area contributed by atoms with E-state index in [9.17, 15) is 18.8 Å². The molecule has 5 rings (SSSR count). The second-order valence-electron chi connectivity index (χ2n) is 10.8. The molecule has 3 aromatic rings. The van der Waals surface area contributed by atoms with Crippen LogP contribution in [0.4, 0.5) is 8.78 Å². The van der Waals surface area contributed by atoms with Gasteiger partial charge in [-0.25, -0.2) is 0 Å². The number of nitrogens with zero attached hydrogens (tertiary/aromatic N) is 2. The summed E-state index contributed by atoms with van der Waals surface area (Å²) in [6.45, 7) is -1.61. The smallest absolute Gasteiger partial charge is 0.387 e. The molecule has 1 atom stereocenters. The van der Waals surface area contributed by atoms with Crippen molar-refractivity contribution in [3.8, 4) is 23.0 Å². The summed E-state index contributed by atoms with van der Waals surface area (Å²) in [6, 6.07) is 8.25. The van der Waals surface area contributed by atoms with Gasteiger partial charge in [0.2, 0.25) is 0 Å². The first-order chi connectivity index (χ1) is 21.1. The Kier molecular flexibility index (Phi) is 10.2. The molecule has 1 saturated carbocycles. The minimum atomic E-state index is -3.05. The second kappa shape index (κ2) is 14.0. The number of rotatable bonds is 13. The van der Waals surface area contributed by atoms with Gasteiger partial charge in [-0.1, -0.05) is 29.3 Å². The number of ether oxygens (including phenoxy) is 5. The van der Waals surface area contributed by atoms with E-state index in [1.165, 1.54) is 18.2 Å². The molecule has 0 N–H and O–H groups in total. The van der Waals surface area contributed by atoms with Crippen LogP contribution >= 0.6 is 23.2 Å². The van der Waals surface area contributed by atoms with Gasteiger partial charge in [0.25, 0.3) is 0 Å². The minimum Gasteiger partial charge on any atom is -0.619 e. The number of halogens is 4. The Morgan fingerprint density at radius 3 is 2.34 bits per heavy atom. The van der Waals surface area contributed by atoms with E-state index in [1.807, 2.05) is 17.0 Å². The zero-order valence-corrected chi connectivity index (χ0v) is 25.7. The number of alkyl halides is 2. The highest BCUT2D eigenvalue weighted by atomic mass is 35.5. The van der Waals surface area contributed by atoms with Crippen molar-refractivity contribution in [2.24, 2.45) is 5.92 Å². The normalized spacial score (nSPS) is 15.4. The third-order valence-electron chi connectivity index (χ3n) is 7.60. The first-order valence-electron chi connectivity index (χ1n) is 14.1. The lowest BCUT2D eigenvalue weighted by Gasteiger charge is -2.29. The van der Waals surface area contributed by atoms with E-state index < -0.39 is 18.7 Å². The maximum absolute atomic E-state index is 13.4. The number of methoxy groups -OCH3 is 2. The highest BCUT2D eigenvalue weighted by Crippen LogP contribution is 2.38. The Morgan fingerprint density at radius 1 is 1.02 bits per heavy atom. The lowest BCUT2D eigenvalue weighted by molar-refractivity contribution is -0.605. The maximum Gasteiger partial charge on any atom is 0.387 e. The fourth-order valence-corrected chi connectivity index (χ4v) is 5.72. The summed E-state index contributed by atoms with van der Waals surface area (Å²) in [5.41, 5.74) is 2.97. The highest BCUT2D eigenvalue weighted by molar-refractivity contribution is 6.35. The Labute approximate surface area is 263 Å². The van der Waals surface area contributed by atoms with Crippen molar-refractivity contribution >= 4 is 29.2 Å². The second-order valence-corrected chi connectivity index (χ2v) is 11.6. The molecule has 0 radical (unpaired) electrons. The molecule has 0 amide bonds. The average molecular weight is 654 g/mol. The molecular formula is C31H32Cl2F2N2O7. The molecule has 0 bridgehead atoms. The monoisotopic (exact) mass is 652 g/mol. The van der Waals surface area contributed by atoms with Crippen molar-refractivity contribution in [3.05, 3.63) is 80.2 Å². The van der Waals surface area contributed by atoms with Crippen molar-refractivity contribution in [1.82, 2.24) is 4.90 Å². The fraction of sp³-hybridized carbons (Fsp3) is 0.419. The van der Waals surface area contributed by atoms with Gasteiger partial charge in [0, 0.05) is 25.1 Å². The molecule has 236 valence electrons. The molecule has 2 aliphatic rings. The summed E-state index contributed by atoms with van der Waals surface area (Å²) in [4.78, 5) is 15.3. The number of carbonyl (C=O) groups is 1. The number of benzene rings is 2. The predicted octanol–water partition coefficient (Wildman–Crippen LogP) is 5.92. The molecule has 1 aliphatic heterocycles. The van der Waals surface area contributed by atoms with Gasteiger partial charge in [-0.05, 0) is 66.1 Å². The number of pyridine rings is 1. The Bertz CT molecular complexity index is 1480. The van der Waals surface area contributed by atoms with Crippen molar-refractivity contribution in [3.63, 3.8) is 0 Å². The van der Waals surface area contributed by atoms with Crippen molar-refractivity contribution in [2.75, 3.05) is 33.9 Å². The number of hydrogen-bond acceptors (Lipinski definition) is 8. The van der Waals surface area contributed by atoms with Crippen LogP contribution in [0.15, 0.2) is 42.7 Å². The van der Waals surface area contributed by atoms with Gasteiger partial charge in [0.05, 0.1) is 27.4 Å². The van der Waals surface area contributed by atoms with Crippen molar-refractivity contribution in [2.45, 2.75) is 44.9 Å². The third kappa shape index (κ3) is 7.94. The van der Waals surface area contributed by atoms with Gasteiger partial charge in [0.15, 0.2) is 35.4 Å². The lowest BCUT2D eigenvalue weighted by atomic mass is 9.99. The zero-order chi connectivity index (χ0) is 31.4. The molecule has 1 aliphatic carbocycles. The van der Waals surface area contributed by atoms with Crippen LogP contribution in [0.5, 0.6) is 23.0 Å². The van der Waals surface area contributed by atoms with Crippen LogP contribution < -0.4 is 23.7 Å². The molecule has 1 aromatic heterocycles. The summed E-state index contributed by atoms with van der Waals surface area (Å²) in [6.07, 6.45) is 4.07. The summed E-state index contributed by atoms with van der Waals surface area (Å²) < 4.78 is 54.1. The molecule has 1 fully saturated rings. The predicted molar refractivity (Wildman–Crippen MR) is 158 cm³/mol. The number of carbonyl (C=O) groups excluding carboxylic acids is 1. The molecule has 2 heterocycles. The maximum atomic E-state index is 13.4. The van der Waals surface area contributed by atoms with Gasteiger partial charge in [-0.3, -0.25) is 9.69 Å². The van der Waals surface area contributed by atoms with Crippen LogP contribution in [-0.4, -0.2) is 51.4 Å². The molecule has 9 nitrogen and oxygen atoms in total. The quantitative estimate of drug-likeness (QED) is 0.128. The van der Waals surface area contributed by atoms with Gasteiger partial charge < -0.3 is 28.9 Å². The van der Waals surface area contributed by atoms with E-state index in [4.69, 9.17) is 42.1 Å². The molecule has 44 heavy (non-hydrogen) atoms. The number of fused-ring (bicyclic) bond motifs is 1. The van der Waals surface area contributed by atoms with E-state index in [0.717, 1.165) is 36.4 Å². The average Bonchev–Trinajstić information content (AvgIpc) is 3.81. The topological polar surface area (TPSA) is 93.4 Å². The van der Waals surface area contributed by atoms with Crippen LogP contribution in [0.25, 0.3) is 0 Å². The molecule has 1 unspecified atom stereocenters. The number of esters is 1. The SMILES string of the molecule is COc1cc2c(cc1OC)CN(CC(=O)OC(Cc1c(Cl)c[n+]([O-])cc1Cl)c1ccc(OC(F)F)c(OCC3CC3)c1)CC2. The Hall–Kier alpha value is -3.54. The van der Waals surface area contributed by atoms with Crippen LogP contribution in [0.2, 0.25) is 10.0 Å².